The fraction of sp³-hybridized carbons (Fsp3) is 0.444. The summed E-state index contributed by atoms with van der Waals surface area (Å²) >= 11 is 6.30. The Morgan fingerprint density at radius 2 is 2.08 bits per heavy atom. The topological polar surface area (TPSA) is 47.4 Å². The first-order valence-electron chi connectivity index (χ1n) is 7.98. The molecule has 0 saturated carbocycles. The van der Waals surface area contributed by atoms with Crippen molar-refractivity contribution in [1.29, 1.82) is 0 Å². The van der Waals surface area contributed by atoms with Gasteiger partial charge in [-0.1, -0.05) is 29.8 Å². The smallest absolute Gasteiger partial charge is 0.257 e. The fourth-order valence-corrected chi connectivity index (χ4v) is 3.24. The summed E-state index contributed by atoms with van der Waals surface area (Å²) < 4.78 is 7.73. The molecule has 0 spiro atoms. The van der Waals surface area contributed by atoms with E-state index in [1.165, 1.54) is 0 Å². The molecule has 1 amide bonds. The highest BCUT2D eigenvalue weighted by Gasteiger charge is 2.40. The maximum atomic E-state index is 13.1. The molecule has 0 aliphatic carbocycles. The predicted molar refractivity (Wildman–Crippen MR) is 93.2 cm³/mol. The Morgan fingerprint density at radius 3 is 2.71 bits per heavy atom. The molecule has 1 aliphatic heterocycles. The highest BCUT2D eigenvalue weighted by Crippen LogP contribution is 2.34. The minimum Gasteiger partial charge on any atom is -0.369 e. The average molecular weight is 348 g/mol. The lowest BCUT2D eigenvalue weighted by Gasteiger charge is -2.45. The van der Waals surface area contributed by atoms with Crippen LogP contribution in [-0.4, -0.2) is 39.3 Å². The molecule has 2 heterocycles. The first-order valence-corrected chi connectivity index (χ1v) is 8.35. The van der Waals surface area contributed by atoms with Gasteiger partial charge < -0.3 is 9.64 Å². The van der Waals surface area contributed by atoms with E-state index in [0.717, 1.165) is 11.3 Å². The molecular formula is C18H22ClN3O2. The molecule has 0 N–H and O–H groups in total. The van der Waals surface area contributed by atoms with E-state index < -0.39 is 5.54 Å². The van der Waals surface area contributed by atoms with E-state index in [1.54, 1.807) is 10.9 Å². The van der Waals surface area contributed by atoms with E-state index >= 15 is 0 Å². The Kier molecular flexibility index (Phi) is 4.40. The van der Waals surface area contributed by atoms with Crippen molar-refractivity contribution in [2.24, 2.45) is 7.05 Å². The third kappa shape index (κ3) is 2.94. The molecule has 1 aromatic heterocycles. The van der Waals surface area contributed by atoms with Gasteiger partial charge in [-0.25, -0.2) is 0 Å². The van der Waals surface area contributed by atoms with Crippen molar-refractivity contribution >= 4 is 17.5 Å². The van der Waals surface area contributed by atoms with E-state index in [0.29, 0.717) is 23.7 Å². The van der Waals surface area contributed by atoms with Gasteiger partial charge in [-0.05, 0) is 26.8 Å². The molecule has 1 fully saturated rings. The highest BCUT2D eigenvalue weighted by molar-refractivity contribution is 6.31. The number of halogens is 1. The van der Waals surface area contributed by atoms with E-state index in [-0.39, 0.29) is 12.0 Å². The minimum atomic E-state index is -0.392. The molecule has 0 bridgehead atoms. The molecule has 1 atom stereocenters. The number of hydrogen-bond acceptors (Lipinski definition) is 3. The van der Waals surface area contributed by atoms with Crippen molar-refractivity contribution in [2.45, 2.75) is 32.4 Å². The van der Waals surface area contributed by atoms with Crippen molar-refractivity contribution in [2.75, 3.05) is 13.2 Å². The number of hydrogen-bond donors (Lipinski definition) is 0. The summed E-state index contributed by atoms with van der Waals surface area (Å²) in [5.41, 5.74) is 2.01. The van der Waals surface area contributed by atoms with Crippen LogP contribution < -0.4 is 0 Å². The van der Waals surface area contributed by atoms with Crippen LogP contribution >= 0.6 is 11.6 Å². The molecular weight excluding hydrogens is 326 g/mol. The van der Waals surface area contributed by atoms with E-state index in [1.807, 2.05) is 57.0 Å². The first kappa shape index (κ1) is 17.0. The lowest BCUT2D eigenvalue weighted by molar-refractivity contribution is -0.0846. The van der Waals surface area contributed by atoms with Gasteiger partial charge in [-0.3, -0.25) is 9.48 Å². The molecule has 0 radical (unpaired) electrons. The number of morpholine rings is 1. The molecule has 0 unspecified atom stereocenters. The molecule has 2 aromatic rings. The normalized spacial score (nSPS) is 20.2. The van der Waals surface area contributed by atoms with Gasteiger partial charge >= 0.3 is 0 Å². The Morgan fingerprint density at radius 1 is 1.38 bits per heavy atom. The zero-order chi connectivity index (χ0) is 17.5. The van der Waals surface area contributed by atoms with Crippen molar-refractivity contribution in [3.8, 4) is 0 Å². The second kappa shape index (κ2) is 6.22. The van der Waals surface area contributed by atoms with E-state index in [4.69, 9.17) is 16.3 Å². The van der Waals surface area contributed by atoms with Gasteiger partial charge in [0, 0.05) is 23.3 Å². The molecule has 3 rings (SSSR count). The summed E-state index contributed by atoms with van der Waals surface area (Å²) in [6.07, 6.45) is 1.40. The van der Waals surface area contributed by atoms with Crippen LogP contribution in [0.4, 0.5) is 0 Å². The Balaban J connectivity index is 1.91. The third-order valence-electron chi connectivity index (χ3n) is 4.68. The van der Waals surface area contributed by atoms with E-state index in [2.05, 4.69) is 5.10 Å². The third-order valence-corrected chi connectivity index (χ3v) is 5.02. The molecule has 1 saturated heterocycles. The Labute approximate surface area is 147 Å². The largest absolute Gasteiger partial charge is 0.369 e. The number of rotatable bonds is 2. The fourth-order valence-electron chi connectivity index (χ4n) is 2.98. The van der Waals surface area contributed by atoms with Crippen molar-refractivity contribution in [1.82, 2.24) is 14.7 Å². The van der Waals surface area contributed by atoms with Gasteiger partial charge in [0.25, 0.3) is 5.91 Å². The number of carbonyl (C=O) groups excluding carboxylic acids is 1. The molecule has 1 aliphatic rings. The van der Waals surface area contributed by atoms with Gasteiger partial charge in [0.05, 0.1) is 30.5 Å². The number of aryl methyl sites for hydroxylation is 1. The van der Waals surface area contributed by atoms with Gasteiger partial charge in [0.15, 0.2) is 0 Å². The summed E-state index contributed by atoms with van der Waals surface area (Å²) in [5, 5.41) is 4.85. The molecule has 6 heteroatoms. The number of carbonyl (C=O) groups is 1. The maximum Gasteiger partial charge on any atom is 0.257 e. The van der Waals surface area contributed by atoms with Crippen LogP contribution in [0.3, 0.4) is 0 Å². The molecule has 24 heavy (non-hydrogen) atoms. The van der Waals surface area contributed by atoms with Gasteiger partial charge in [-0.2, -0.15) is 5.10 Å². The number of nitrogens with zero attached hydrogens (tertiary/aromatic N) is 3. The van der Waals surface area contributed by atoms with Crippen molar-refractivity contribution in [3.05, 3.63) is 52.3 Å². The van der Waals surface area contributed by atoms with Crippen LogP contribution in [0, 0.1) is 6.92 Å². The second-order valence-corrected chi connectivity index (χ2v) is 7.22. The first-order chi connectivity index (χ1) is 11.3. The van der Waals surface area contributed by atoms with Crippen LogP contribution in [0.5, 0.6) is 0 Å². The highest BCUT2D eigenvalue weighted by atomic mass is 35.5. The lowest BCUT2D eigenvalue weighted by Crippen LogP contribution is -2.56. The monoisotopic (exact) mass is 347 g/mol. The van der Waals surface area contributed by atoms with Gasteiger partial charge in [-0.15, -0.1) is 0 Å². The van der Waals surface area contributed by atoms with Gasteiger partial charge in [0.2, 0.25) is 0 Å². The van der Waals surface area contributed by atoms with Crippen molar-refractivity contribution in [3.63, 3.8) is 0 Å². The Bertz CT molecular complexity index is 769. The second-order valence-electron chi connectivity index (χ2n) is 6.82. The number of amides is 1. The zero-order valence-corrected chi connectivity index (χ0v) is 15.2. The Hall–Kier alpha value is -1.85. The summed E-state index contributed by atoms with van der Waals surface area (Å²) in [6, 6.07) is 7.61. The average Bonchev–Trinajstić information content (AvgIpc) is 2.87. The molecule has 5 nitrogen and oxygen atoms in total. The summed E-state index contributed by atoms with van der Waals surface area (Å²) in [7, 11) is 1.84. The minimum absolute atomic E-state index is 0.0223. The summed E-state index contributed by atoms with van der Waals surface area (Å²) in [4.78, 5) is 15.0. The lowest BCUT2D eigenvalue weighted by atomic mass is 9.97. The maximum absolute atomic E-state index is 13.1. The van der Waals surface area contributed by atoms with Crippen LogP contribution in [0.25, 0.3) is 0 Å². The van der Waals surface area contributed by atoms with Crippen LogP contribution in [0.1, 0.15) is 41.6 Å². The van der Waals surface area contributed by atoms with Crippen LogP contribution in [0.2, 0.25) is 5.02 Å². The van der Waals surface area contributed by atoms with Crippen LogP contribution in [-0.2, 0) is 11.8 Å². The van der Waals surface area contributed by atoms with Gasteiger partial charge in [0.1, 0.15) is 6.10 Å². The number of benzene rings is 1. The van der Waals surface area contributed by atoms with Crippen molar-refractivity contribution < 1.29 is 9.53 Å². The standard InChI is InChI=1S/C18H22ClN3O2/c1-12-14(9-20-21(12)4)17(23)22-10-16(24-11-18(22,2)3)13-7-5-6-8-15(13)19/h5-9,16H,10-11H2,1-4H3/t16-/m0/s1. The summed E-state index contributed by atoms with van der Waals surface area (Å²) in [5.74, 6) is -0.0223. The quantitative estimate of drug-likeness (QED) is 0.836. The zero-order valence-electron chi connectivity index (χ0n) is 14.4. The number of aromatic nitrogens is 2. The summed E-state index contributed by atoms with van der Waals surface area (Å²) in [6.45, 7) is 6.84. The predicted octanol–water partition coefficient (Wildman–Crippen LogP) is 3.37. The number of ether oxygens (including phenoxy) is 1. The SMILES string of the molecule is Cc1c(C(=O)N2C[C@@H](c3ccccc3Cl)OCC2(C)C)cnn1C. The molecule has 1 aromatic carbocycles. The van der Waals surface area contributed by atoms with Crippen LogP contribution in [0.15, 0.2) is 30.5 Å². The van der Waals surface area contributed by atoms with E-state index in [9.17, 15) is 4.79 Å². The molecule has 128 valence electrons.